The number of aliphatic hydroxyl groups excluding tert-OH is 9. The van der Waals surface area contributed by atoms with Gasteiger partial charge in [-0.15, -0.1) is 0 Å². The maximum absolute atomic E-state index is 13.6. The minimum atomic E-state index is -1.41. The third-order valence-electron chi connectivity index (χ3n) is 11.5. The Morgan fingerprint density at radius 2 is 0.794 bits per heavy atom. The molecule has 68 heavy (non-hydrogen) atoms. The number of esters is 3. The van der Waals surface area contributed by atoms with E-state index in [0.717, 1.165) is 0 Å². The number of aliphatic hydroxyl groups is 9. The lowest BCUT2D eigenvalue weighted by molar-refractivity contribution is -0.766. The Labute approximate surface area is 386 Å². The molecule has 0 bridgehead atoms. The van der Waals surface area contributed by atoms with E-state index in [2.05, 4.69) is 0 Å². The predicted octanol–water partition coefficient (Wildman–Crippen LogP) is -1.79. The zero-order valence-electron chi connectivity index (χ0n) is 35.7. The average molecular weight is 943 g/mol. The first-order valence-corrected chi connectivity index (χ1v) is 21.2. The number of benzene rings is 2. The van der Waals surface area contributed by atoms with Crippen LogP contribution in [0.4, 0.5) is 0 Å². The van der Waals surface area contributed by atoms with Crippen molar-refractivity contribution in [2.75, 3.05) is 19.8 Å². The van der Waals surface area contributed by atoms with E-state index in [-0.39, 0.29) is 33.9 Å². The van der Waals surface area contributed by atoms with Gasteiger partial charge >= 0.3 is 17.9 Å². The molecule has 3 aliphatic heterocycles. The minimum absolute atomic E-state index is 0.00773. The average Bonchev–Trinajstić information content (AvgIpc) is 3.94. The van der Waals surface area contributed by atoms with Crippen molar-refractivity contribution < 1.29 is 102 Å². The molecular weight excluding hydrogens is 895 g/mol. The van der Waals surface area contributed by atoms with E-state index in [1.54, 1.807) is 36.4 Å². The third-order valence-corrected chi connectivity index (χ3v) is 11.5. The first-order valence-electron chi connectivity index (χ1n) is 21.2. The number of carbonyl (C=O) groups is 3. The standard InChI is InChI=1S/C47H48N3O18/c51-22-33-36(54)39(57)42(66-33)48-13-1-4-27(19-48)45(60)63-30-11-9-25(10-12-30)7-8-26-16-31(64-46(61)28-5-2-14-49(20-28)43-40(58)37(55)34(23-52)67-43)18-32(17-26)65-47(62)29-6-3-15-50(21-29)44-41(59)38(56)35(24-53)68-44/h1-21,33-44,51-59H,22-24H2/q+3/b8-7+/t33-,34-,35-,36-,37-,38-,39-,40-,41-,42?,43?,44?/m0/s1. The van der Waals surface area contributed by atoms with Crippen molar-refractivity contribution in [3.8, 4) is 17.2 Å². The Kier molecular flexibility index (Phi) is 14.7. The molecule has 3 unspecified atom stereocenters. The number of aromatic nitrogens is 3. The van der Waals surface area contributed by atoms with Crippen LogP contribution in [0, 0.1) is 0 Å². The van der Waals surface area contributed by atoms with Crippen molar-refractivity contribution in [3.63, 3.8) is 0 Å². The molecule has 0 aliphatic carbocycles. The molecule has 3 fully saturated rings. The lowest BCUT2D eigenvalue weighted by Gasteiger charge is -2.12. The van der Waals surface area contributed by atoms with Crippen molar-refractivity contribution in [1.29, 1.82) is 0 Å². The number of ether oxygens (including phenoxy) is 6. The van der Waals surface area contributed by atoms with Crippen LogP contribution in [0.15, 0.2) is 116 Å². The maximum atomic E-state index is 13.6. The minimum Gasteiger partial charge on any atom is -0.423 e. The molecule has 0 spiro atoms. The number of hydrogen-bond donors (Lipinski definition) is 9. The smallest absolute Gasteiger partial charge is 0.349 e. The molecule has 356 valence electrons. The van der Waals surface area contributed by atoms with Crippen LogP contribution in [0.25, 0.3) is 12.2 Å². The van der Waals surface area contributed by atoms with Crippen molar-refractivity contribution in [2.45, 2.75) is 73.6 Å². The van der Waals surface area contributed by atoms with Crippen LogP contribution >= 0.6 is 0 Å². The van der Waals surface area contributed by atoms with E-state index in [1.165, 1.54) is 105 Å². The molecule has 6 heterocycles. The molecule has 3 aliphatic rings. The van der Waals surface area contributed by atoms with Crippen molar-refractivity contribution >= 4 is 30.1 Å². The summed E-state index contributed by atoms with van der Waals surface area (Å²) in [7, 11) is 0. The molecule has 0 saturated carbocycles. The van der Waals surface area contributed by atoms with Crippen LogP contribution in [0.2, 0.25) is 0 Å². The zero-order valence-corrected chi connectivity index (χ0v) is 35.7. The van der Waals surface area contributed by atoms with E-state index >= 15 is 0 Å². The van der Waals surface area contributed by atoms with Gasteiger partial charge in [0.15, 0.2) is 55.5 Å². The molecule has 21 heteroatoms. The fourth-order valence-electron chi connectivity index (χ4n) is 7.84. The second-order valence-corrected chi connectivity index (χ2v) is 16.1. The quantitative estimate of drug-likeness (QED) is 0.0257. The summed E-state index contributed by atoms with van der Waals surface area (Å²) in [6.45, 7) is -1.60. The number of hydrogen-bond acceptors (Lipinski definition) is 18. The van der Waals surface area contributed by atoms with Gasteiger partial charge in [0.2, 0.25) is 0 Å². The van der Waals surface area contributed by atoms with E-state index in [9.17, 15) is 60.3 Å². The molecule has 0 radical (unpaired) electrons. The lowest BCUT2D eigenvalue weighted by atomic mass is 10.1. The summed E-state index contributed by atoms with van der Waals surface area (Å²) in [4.78, 5) is 40.3. The van der Waals surface area contributed by atoms with Crippen molar-refractivity contribution in [2.24, 2.45) is 0 Å². The SMILES string of the molecule is O=C(Oc1ccc(/C=C/c2cc(OC(=O)c3ccc[n+](C4O[C@@H](CO)[C@H](O)[C@@H]4O)c3)cc(OC(=O)c3ccc[n+](C4O[C@@H](CO)[C@H](O)[C@@H]4O)c3)c2)cc1)c1ccc[n+](C2O[C@@H](CO)[C@H](O)[C@@H]2O)c1. The normalized spacial score (nSPS) is 27.9. The molecular formula is C47H48N3O18+3. The third kappa shape index (κ3) is 10.3. The number of carbonyl (C=O) groups excluding carboxylic acids is 3. The molecule has 2 aromatic carbocycles. The first-order chi connectivity index (χ1) is 32.7. The highest BCUT2D eigenvalue weighted by Gasteiger charge is 2.50. The Balaban J connectivity index is 1.00. The van der Waals surface area contributed by atoms with Gasteiger partial charge in [0, 0.05) is 24.3 Å². The van der Waals surface area contributed by atoms with Crippen molar-refractivity contribution in [3.05, 3.63) is 144 Å². The Morgan fingerprint density at radius 1 is 0.456 bits per heavy atom. The summed E-state index contributed by atoms with van der Waals surface area (Å²) in [5, 5.41) is 90.7. The number of pyridine rings is 3. The van der Waals surface area contributed by atoms with Gasteiger partial charge in [0.25, 0.3) is 18.7 Å². The molecule has 3 aromatic heterocycles. The molecule has 0 amide bonds. The van der Waals surface area contributed by atoms with Gasteiger partial charge in [0.1, 0.15) is 70.6 Å². The first kappa shape index (κ1) is 48.0. The monoisotopic (exact) mass is 942 g/mol. The largest absolute Gasteiger partial charge is 0.423 e. The van der Waals surface area contributed by atoms with E-state index in [1.807, 2.05) is 0 Å². The van der Waals surface area contributed by atoms with Gasteiger partial charge < -0.3 is 74.4 Å². The van der Waals surface area contributed by atoms with Gasteiger partial charge in [-0.1, -0.05) is 24.3 Å². The predicted molar refractivity (Wildman–Crippen MR) is 226 cm³/mol. The summed E-state index contributed by atoms with van der Waals surface area (Å²) < 4.78 is 37.9. The fraction of sp³-hybridized carbons (Fsp3) is 0.319. The van der Waals surface area contributed by atoms with Gasteiger partial charge in [-0.3, -0.25) is 0 Å². The van der Waals surface area contributed by atoms with E-state index in [0.29, 0.717) is 11.1 Å². The Bertz CT molecular complexity index is 2540. The molecule has 8 rings (SSSR count). The summed E-state index contributed by atoms with van der Waals surface area (Å²) >= 11 is 0. The second-order valence-electron chi connectivity index (χ2n) is 16.1. The number of nitrogens with zero attached hydrogens (tertiary/aromatic N) is 3. The van der Waals surface area contributed by atoms with Crippen LogP contribution in [0.5, 0.6) is 17.2 Å². The van der Waals surface area contributed by atoms with Gasteiger partial charge in [-0.05, 0) is 53.6 Å². The highest BCUT2D eigenvalue weighted by atomic mass is 16.6. The number of rotatable bonds is 14. The summed E-state index contributed by atoms with van der Waals surface area (Å²) in [6, 6.07) is 19.6. The van der Waals surface area contributed by atoms with Gasteiger partial charge in [0.05, 0.1) is 19.8 Å². The second kappa shape index (κ2) is 20.8. The molecule has 21 nitrogen and oxygen atoms in total. The summed E-state index contributed by atoms with van der Waals surface area (Å²) in [5.74, 6) is -2.36. The lowest BCUT2D eigenvalue weighted by Crippen LogP contribution is -2.46. The molecule has 9 N–H and O–H groups in total. The highest BCUT2D eigenvalue weighted by molar-refractivity contribution is 5.92. The fourth-order valence-corrected chi connectivity index (χ4v) is 7.84. The van der Waals surface area contributed by atoms with E-state index in [4.69, 9.17) is 28.4 Å². The molecule has 5 aromatic rings. The van der Waals surface area contributed by atoms with Gasteiger partial charge in [-0.25, -0.2) is 14.4 Å². The Morgan fingerprint density at radius 3 is 1.13 bits per heavy atom. The highest BCUT2D eigenvalue weighted by Crippen LogP contribution is 2.30. The topological polar surface area (TPSA) is 300 Å². The van der Waals surface area contributed by atoms with Crippen LogP contribution in [-0.2, 0) is 14.2 Å². The van der Waals surface area contributed by atoms with Crippen LogP contribution in [0.3, 0.4) is 0 Å². The Hall–Kier alpha value is -6.44. The maximum Gasteiger partial charge on any atom is 0.349 e. The summed E-state index contributed by atoms with van der Waals surface area (Å²) in [5.41, 5.74) is 1.15. The summed E-state index contributed by atoms with van der Waals surface area (Å²) in [6.07, 6.45) is -2.78. The zero-order chi connectivity index (χ0) is 48.2. The van der Waals surface area contributed by atoms with Crippen LogP contribution < -0.4 is 27.9 Å². The van der Waals surface area contributed by atoms with E-state index < -0.39 is 111 Å². The molecule has 3 saturated heterocycles. The van der Waals surface area contributed by atoms with Crippen molar-refractivity contribution in [1.82, 2.24) is 0 Å². The van der Waals surface area contributed by atoms with Gasteiger partial charge in [-0.2, -0.15) is 13.7 Å². The van der Waals surface area contributed by atoms with Crippen LogP contribution in [0.1, 0.15) is 60.9 Å². The molecule has 12 atom stereocenters. The van der Waals surface area contributed by atoms with Crippen LogP contribution in [-0.4, -0.2) is 139 Å².